The molecule has 0 radical (unpaired) electrons. The van der Waals surface area contributed by atoms with Crippen molar-refractivity contribution in [2.45, 2.75) is 26.3 Å². The zero-order chi connectivity index (χ0) is 11.6. The minimum Gasteiger partial charge on any atom is -0.398 e. The van der Waals surface area contributed by atoms with Gasteiger partial charge in [0, 0.05) is 11.3 Å². The van der Waals surface area contributed by atoms with Crippen LogP contribution in [0.1, 0.15) is 25.0 Å². The van der Waals surface area contributed by atoms with Gasteiger partial charge in [0.25, 0.3) is 0 Å². The summed E-state index contributed by atoms with van der Waals surface area (Å²) in [5.41, 5.74) is 8.66. The Hall–Kier alpha value is -1.35. The molecule has 82 valence electrons. The molecule has 1 aromatic rings. The normalized spacial score (nSPS) is 11.5. The Balaban J connectivity index is 3.18. The maximum Gasteiger partial charge on any atom is 0.0602 e. The lowest BCUT2D eigenvalue weighted by Crippen LogP contribution is -2.44. The summed E-state index contributed by atoms with van der Waals surface area (Å²) in [7, 11) is 1.85. The van der Waals surface area contributed by atoms with E-state index in [1.165, 1.54) is 0 Å². The fourth-order valence-electron chi connectivity index (χ4n) is 1.36. The first-order valence-electron chi connectivity index (χ1n) is 5.03. The minimum absolute atomic E-state index is 0.359. The van der Waals surface area contributed by atoms with Crippen LogP contribution in [0.3, 0.4) is 0 Å². The average Bonchev–Trinajstić information content (AvgIpc) is 2.21. The van der Waals surface area contributed by atoms with Crippen LogP contribution in [0.2, 0.25) is 0 Å². The first-order valence-corrected chi connectivity index (χ1v) is 5.03. The number of hydrogen-bond acceptors (Lipinski definition) is 3. The number of likely N-dealkylation sites (N-methyl/N-ethyl adjacent to an activating group) is 1. The molecular formula is C12H19N3. The van der Waals surface area contributed by atoms with Gasteiger partial charge in [0.05, 0.1) is 11.3 Å². The van der Waals surface area contributed by atoms with E-state index in [9.17, 15) is 0 Å². The maximum absolute atomic E-state index is 8.13. The van der Waals surface area contributed by atoms with Gasteiger partial charge in [0.15, 0.2) is 0 Å². The summed E-state index contributed by atoms with van der Waals surface area (Å²) in [4.78, 5) is 0. The van der Waals surface area contributed by atoms with Gasteiger partial charge in [-0.15, -0.1) is 0 Å². The molecular weight excluding hydrogens is 186 g/mol. The van der Waals surface area contributed by atoms with E-state index in [2.05, 4.69) is 5.32 Å². The Kier molecular flexibility index (Phi) is 3.15. The number of benzene rings is 1. The Labute approximate surface area is 91.2 Å². The molecule has 0 saturated carbocycles. The number of aryl methyl sites for hydroxylation is 1. The molecule has 0 heterocycles. The van der Waals surface area contributed by atoms with Gasteiger partial charge >= 0.3 is 0 Å². The second kappa shape index (κ2) is 4.03. The van der Waals surface area contributed by atoms with Crippen LogP contribution >= 0.6 is 0 Å². The number of para-hydroxylation sites is 1. The molecule has 0 aliphatic carbocycles. The Morgan fingerprint density at radius 3 is 2.53 bits per heavy atom. The minimum atomic E-state index is -0.359. The molecule has 0 saturated heterocycles. The molecule has 0 aliphatic heterocycles. The lowest BCUT2D eigenvalue weighted by molar-refractivity contribution is 0.562. The number of nitrogen functional groups attached to an aromatic ring is 1. The monoisotopic (exact) mass is 205 g/mol. The highest BCUT2D eigenvalue weighted by atomic mass is 14.9. The molecule has 0 aliphatic rings. The zero-order valence-electron chi connectivity index (χ0n) is 9.81. The molecule has 0 bridgehead atoms. The van der Waals surface area contributed by atoms with E-state index >= 15 is 0 Å². The molecule has 0 spiro atoms. The van der Waals surface area contributed by atoms with Gasteiger partial charge < -0.3 is 16.5 Å². The summed E-state index contributed by atoms with van der Waals surface area (Å²) in [6, 6.07) is 5.78. The molecule has 15 heavy (non-hydrogen) atoms. The van der Waals surface area contributed by atoms with Crippen molar-refractivity contribution in [2.75, 3.05) is 12.8 Å². The van der Waals surface area contributed by atoms with E-state index in [4.69, 9.17) is 11.1 Å². The summed E-state index contributed by atoms with van der Waals surface area (Å²) >= 11 is 0. The van der Waals surface area contributed by atoms with Crippen LogP contribution in [0.25, 0.3) is 0 Å². The lowest BCUT2D eigenvalue weighted by Gasteiger charge is -2.26. The van der Waals surface area contributed by atoms with Gasteiger partial charge in [-0.25, -0.2) is 0 Å². The zero-order valence-corrected chi connectivity index (χ0v) is 9.81. The van der Waals surface area contributed by atoms with Gasteiger partial charge in [-0.3, -0.25) is 0 Å². The maximum atomic E-state index is 8.13. The molecule has 0 fully saturated rings. The predicted octanol–water partition coefficient (Wildman–Crippen LogP) is 1.94. The summed E-state index contributed by atoms with van der Waals surface area (Å²) in [6.07, 6.45) is 0. The Morgan fingerprint density at radius 1 is 1.40 bits per heavy atom. The third-order valence-electron chi connectivity index (χ3n) is 2.84. The molecule has 3 nitrogen and oxygen atoms in total. The number of hydrogen-bond donors (Lipinski definition) is 3. The van der Waals surface area contributed by atoms with Crippen molar-refractivity contribution in [3.05, 3.63) is 29.3 Å². The third-order valence-corrected chi connectivity index (χ3v) is 2.84. The van der Waals surface area contributed by atoms with E-state index in [1.54, 1.807) is 0 Å². The summed E-state index contributed by atoms with van der Waals surface area (Å²) < 4.78 is 0. The van der Waals surface area contributed by atoms with Gasteiger partial charge in [0.1, 0.15) is 0 Å². The fourth-order valence-corrected chi connectivity index (χ4v) is 1.36. The number of nitrogens with one attached hydrogen (secondary N) is 2. The van der Waals surface area contributed by atoms with Crippen LogP contribution in [-0.2, 0) is 0 Å². The standard InChI is InChI=1S/C12H19N3/c1-8-6-5-7-9(10(8)13)11(14)12(2,3)15-4/h5-7,14-15H,13H2,1-4H3. The first-order chi connectivity index (χ1) is 6.90. The highest BCUT2D eigenvalue weighted by molar-refractivity contribution is 6.08. The Bertz CT molecular complexity index is 380. The quantitative estimate of drug-likeness (QED) is 0.521. The smallest absolute Gasteiger partial charge is 0.0602 e. The van der Waals surface area contributed by atoms with Gasteiger partial charge in [0.2, 0.25) is 0 Å². The predicted molar refractivity (Wildman–Crippen MR) is 65.6 cm³/mol. The van der Waals surface area contributed by atoms with Crippen LogP contribution in [0, 0.1) is 12.3 Å². The highest BCUT2D eigenvalue weighted by Crippen LogP contribution is 2.21. The molecule has 1 aromatic carbocycles. The molecule has 3 heteroatoms. The highest BCUT2D eigenvalue weighted by Gasteiger charge is 2.24. The average molecular weight is 205 g/mol. The number of anilines is 1. The van der Waals surface area contributed by atoms with Crippen molar-refractivity contribution in [1.82, 2.24) is 5.32 Å². The van der Waals surface area contributed by atoms with Crippen LogP contribution in [-0.4, -0.2) is 18.3 Å². The summed E-state index contributed by atoms with van der Waals surface area (Å²) in [5.74, 6) is 0. The van der Waals surface area contributed by atoms with Gasteiger partial charge in [-0.2, -0.15) is 0 Å². The van der Waals surface area contributed by atoms with Crippen LogP contribution in [0.5, 0.6) is 0 Å². The van der Waals surface area contributed by atoms with E-state index in [0.29, 0.717) is 11.4 Å². The molecule has 0 atom stereocenters. The van der Waals surface area contributed by atoms with Crippen LogP contribution in [0.4, 0.5) is 5.69 Å². The molecule has 0 amide bonds. The fraction of sp³-hybridized carbons (Fsp3) is 0.417. The van der Waals surface area contributed by atoms with E-state index in [0.717, 1.165) is 11.1 Å². The van der Waals surface area contributed by atoms with E-state index < -0.39 is 0 Å². The topological polar surface area (TPSA) is 61.9 Å². The molecule has 0 unspecified atom stereocenters. The largest absolute Gasteiger partial charge is 0.398 e. The van der Waals surface area contributed by atoms with Crippen molar-refractivity contribution < 1.29 is 0 Å². The molecule has 0 aromatic heterocycles. The SMILES string of the molecule is CNC(C)(C)C(=N)c1cccc(C)c1N. The summed E-state index contributed by atoms with van der Waals surface area (Å²) in [5, 5.41) is 11.2. The van der Waals surface area contributed by atoms with E-state index in [-0.39, 0.29) is 5.54 Å². The Morgan fingerprint density at radius 2 is 2.00 bits per heavy atom. The van der Waals surface area contributed by atoms with E-state index in [1.807, 2.05) is 46.0 Å². The second-order valence-corrected chi connectivity index (χ2v) is 4.29. The van der Waals surface area contributed by atoms with Crippen molar-refractivity contribution in [1.29, 1.82) is 5.41 Å². The van der Waals surface area contributed by atoms with Crippen LogP contribution < -0.4 is 11.1 Å². The summed E-state index contributed by atoms with van der Waals surface area (Å²) in [6.45, 7) is 5.90. The number of nitrogens with two attached hydrogens (primary N) is 1. The van der Waals surface area contributed by atoms with Gasteiger partial charge in [-0.05, 0) is 33.4 Å². The van der Waals surface area contributed by atoms with Crippen LogP contribution in [0.15, 0.2) is 18.2 Å². The van der Waals surface area contributed by atoms with Gasteiger partial charge in [-0.1, -0.05) is 18.2 Å². The second-order valence-electron chi connectivity index (χ2n) is 4.29. The molecule has 1 rings (SSSR count). The number of rotatable bonds is 3. The van der Waals surface area contributed by atoms with Crippen molar-refractivity contribution in [2.24, 2.45) is 0 Å². The van der Waals surface area contributed by atoms with Crippen molar-refractivity contribution in [3.8, 4) is 0 Å². The molecule has 4 N–H and O–H groups in total. The van der Waals surface area contributed by atoms with Crippen molar-refractivity contribution in [3.63, 3.8) is 0 Å². The first kappa shape index (κ1) is 11.7. The van der Waals surface area contributed by atoms with Crippen molar-refractivity contribution >= 4 is 11.4 Å². The lowest BCUT2D eigenvalue weighted by atomic mass is 9.90. The third kappa shape index (κ3) is 2.18.